The van der Waals surface area contributed by atoms with Gasteiger partial charge in [0.15, 0.2) is 0 Å². The first-order valence-electron chi connectivity index (χ1n) is 11.9. The zero-order chi connectivity index (χ0) is 24.8. The van der Waals surface area contributed by atoms with Gasteiger partial charge in [0.25, 0.3) is 0 Å². The van der Waals surface area contributed by atoms with Gasteiger partial charge >= 0.3 is 0 Å². The smallest absolute Gasteiger partial charge is 0.149 e. The van der Waals surface area contributed by atoms with Gasteiger partial charge in [-0.2, -0.15) is 0 Å². The van der Waals surface area contributed by atoms with Crippen LogP contribution in [0.2, 0.25) is 10.0 Å². The normalized spacial score (nSPS) is 20.4. The Morgan fingerprint density at radius 3 is 2.66 bits per heavy atom. The molecule has 2 aromatic rings. The van der Waals surface area contributed by atoms with Crippen molar-refractivity contribution in [3.63, 3.8) is 0 Å². The summed E-state index contributed by atoms with van der Waals surface area (Å²) >= 11 is 13.4. The van der Waals surface area contributed by atoms with Gasteiger partial charge in [0.1, 0.15) is 23.9 Å². The summed E-state index contributed by atoms with van der Waals surface area (Å²) in [5.41, 5.74) is 1.46. The van der Waals surface area contributed by atoms with Gasteiger partial charge in [0.2, 0.25) is 0 Å². The van der Waals surface area contributed by atoms with Crippen molar-refractivity contribution in [1.29, 1.82) is 0 Å². The molecular formula is C24H32Cl2FN5O2S. The second-order valence-corrected chi connectivity index (χ2v) is 10.3. The van der Waals surface area contributed by atoms with Crippen molar-refractivity contribution in [2.75, 3.05) is 49.5 Å². The van der Waals surface area contributed by atoms with E-state index in [0.29, 0.717) is 34.2 Å². The first-order valence-corrected chi connectivity index (χ1v) is 13.4. The van der Waals surface area contributed by atoms with E-state index in [1.54, 1.807) is 18.3 Å². The number of nitrogens with one attached hydrogen (secondary N) is 1. The summed E-state index contributed by atoms with van der Waals surface area (Å²) in [5.74, 6) is 0.590. The Hall–Kier alpha value is -1.33. The number of anilines is 2. The van der Waals surface area contributed by atoms with Crippen LogP contribution < -0.4 is 9.62 Å². The minimum absolute atomic E-state index is 0.222. The lowest BCUT2D eigenvalue weighted by molar-refractivity contribution is -0.159. The number of likely N-dealkylation sites (tertiary alicyclic amines) is 1. The molecule has 7 nitrogen and oxygen atoms in total. The van der Waals surface area contributed by atoms with Crippen LogP contribution in [-0.4, -0.2) is 66.7 Å². The molecule has 0 unspecified atom stereocenters. The van der Waals surface area contributed by atoms with Crippen molar-refractivity contribution in [3.8, 4) is 0 Å². The van der Waals surface area contributed by atoms with Crippen molar-refractivity contribution in [3.05, 3.63) is 51.9 Å². The number of halogens is 3. The van der Waals surface area contributed by atoms with Gasteiger partial charge in [-0.3, -0.25) is 9.80 Å². The summed E-state index contributed by atoms with van der Waals surface area (Å²) in [6.07, 6.45) is 4.99. The number of rotatable bonds is 9. The standard InChI is InChI=1S/C24H32Cl2FN5O2S/c1-3-20-16-31(24-22(26)13-19(14-28-24)29-35-34-33-2)10-11-32(20)21-6-8-30(9-7-21)15-17-4-5-18(25)12-23(17)27/h4-5,12-14,20-21,29H,3,6-11,15-16H2,1-2H3/t20-/m0/s1. The van der Waals surface area contributed by atoms with Gasteiger partial charge < -0.3 is 9.62 Å². The molecule has 0 aliphatic carbocycles. The summed E-state index contributed by atoms with van der Waals surface area (Å²) in [7, 11) is 1.44. The number of hydrogen-bond donors (Lipinski definition) is 1. The van der Waals surface area contributed by atoms with Crippen molar-refractivity contribution in [2.45, 2.75) is 44.8 Å². The van der Waals surface area contributed by atoms with E-state index in [1.165, 1.54) is 13.2 Å². The van der Waals surface area contributed by atoms with E-state index >= 15 is 0 Å². The van der Waals surface area contributed by atoms with Crippen LogP contribution in [-0.2, 0) is 15.8 Å². The SMILES string of the molecule is CC[C@H]1CN(c2ncc(NSOOC)cc2Cl)CCN1C1CCN(Cc2ccc(Cl)cc2F)CC1. The number of aromatic nitrogens is 1. The van der Waals surface area contributed by atoms with Gasteiger partial charge in [0.05, 0.1) is 24.0 Å². The molecule has 2 aliphatic heterocycles. The van der Waals surface area contributed by atoms with Crippen molar-refractivity contribution < 1.29 is 13.6 Å². The van der Waals surface area contributed by atoms with Crippen LogP contribution in [0.3, 0.4) is 0 Å². The van der Waals surface area contributed by atoms with Crippen LogP contribution in [0, 0.1) is 5.82 Å². The van der Waals surface area contributed by atoms with Gasteiger partial charge in [-0.25, -0.2) is 14.3 Å². The maximum absolute atomic E-state index is 14.2. The maximum atomic E-state index is 14.2. The molecule has 0 bridgehead atoms. The molecule has 4 rings (SSSR count). The molecule has 1 N–H and O–H groups in total. The van der Waals surface area contributed by atoms with E-state index in [-0.39, 0.29) is 5.82 Å². The monoisotopic (exact) mass is 543 g/mol. The molecular weight excluding hydrogens is 512 g/mol. The van der Waals surface area contributed by atoms with Crippen LogP contribution in [0.25, 0.3) is 0 Å². The summed E-state index contributed by atoms with van der Waals surface area (Å²) in [6.45, 7) is 7.57. The van der Waals surface area contributed by atoms with Gasteiger partial charge in [-0.15, -0.1) is 4.33 Å². The summed E-state index contributed by atoms with van der Waals surface area (Å²) in [5, 5.41) is 1.05. The molecule has 1 atom stereocenters. The number of pyridine rings is 1. The van der Waals surface area contributed by atoms with Crippen molar-refractivity contribution in [2.24, 2.45) is 0 Å². The Balaban J connectivity index is 1.31. The summed E-state index contributed by atoms with van der Waals surface area (Å²) in [6, 6.07) is 7.79. The van der Waals surface area contributed by atoms with Crippen LogP contribution >= 0.6 is 35.4 Å². The van der Waals surface area contributed by atoms with E-state index < -0.39 is 0 Å². The third kappa shape index (κ3) is 6.91. The molecule has 0 saturated carbocycles. The first kappa shape index (κ1) is 26.7. The van der Waals surface area contributed by atoms with E-state index in [0.717, 1.165) is 75.7 Å². The highest BCUT2D eigenvalue weighted by atomic mass is 35.5. The predicted octanol–water partition coefficient (Wildman–Crippen LogP) is 5.65. The Bertz CT molecular complexity index is 983. The lowest BCUT2D eigenvalue weighted by Gasteiger charge is -2.47. The fraction of sp³-hybridized carbons (Fsp3) is 0.542. The van der Waals surface area contributed by atoms with Gasteiger partial charge in [-0.05, 0) is 50.6 Å². The summed E-state index contributed by atoms with van der Waals surface area (Å²) < 4.78 is 22.0. The molecule has 2 saturated heterocycles. The highest BCUT2D eigenvalue weighted by molar-refractivity contribution is 7.95. The quantitative estimate of drug-likeness (QED) is 0.143. The molecule has 1 aromatic heterocycles. The highest BCUT2D eigenvalue weighted by Gasteiger charge is 2.34. The average molecular weight is 545 g/mol. The fourth-order valence-electron chi connectivity index (χ4n) is 5.02. The number of piperazine rings is 1. The third-order valence-electron chi connectivity index (χ3n) is 6.82. The topological polar surface area (TPSA) is 53.1 Å². The molecule has 11 heteroatoms. The Labute approximate surface area is 221 Å². The second kappa shape index (κ2) is 12.8. The first-order chi connectivity index (χ1) is 17.0. The van der Waals surface area contributed by atoms with E-state index in [1.807, 2.05) is 6.07 Å². The Morgan fingerprint density at radius 1 is 1.17 bits per heavy atom. The highest BCUT2D eigenvalue weighted by Crippen LogP contribution is 2.31. The maximum Gasteiger partial charge on any atom is 0.149 e. The fourth-order valence-corrected chi connectivity index (χ4v) is 5.78. The minimum Gasteiger partial charge on any atom is -0.353 e. The van der Waals surface area contributed by atoms with Gasteiger partial charge in [0, 0.05) is 48.8 Å². The molecule has 3 heterocycles. The van der Waals surface area contributed by atoms with Crippen LogP contribution in [0.5, 0.6) is 0 Å². The number of hydrogen-bond acceptors (Lipinski definition) is 8. The van der Waals surface area contributed by atoms with E-state index in [4.69, 9.17) is 27.5 Å². The van der Waals surface area contributed by atoms with Crippen LogP contribution in [0.1, 0.15) is 31.7 Å². The number of benzene rings is 1. The molecule has 1 aromatic carbocycles. The Morgan fingerprint density at radius 2 is 1.97 bits per heavy atom. The minimum atomic E-state index is -0.222. The van der Waals surface area contributed by atoms with Gasteiger partial charge in [-0.1, -0.05) is 36.2 Å². The average Bonchev–Trinajstić information content (AvgIpc) is 2.86. The zero-order valence-corrected chi connectivity index (χ0v) is 22.4. The lowest BCUT2D eigenvalue weighted by Crippen LogP contribution is -2.58. The van der Waals surface area contributed by atoms with Crippen LogP contribution in [0.4, 0.5) is 15.9 Å². The lowest BCUT2D eigenvalue weighted by atomic mass is 9.97. The molecule has 192 valence electrons. The van der Waals surface area contributed by atoms with Crippen molar-refractivity contribution in [1.82, 2.24) is 14.8 Å². The van der Waals surface area contributed by atoms with E-state index in [9.17, 15) is 4.39 Å². The largest absolute Gasteiger partial charge is 0.353 e. The molecule has 0 spiro atoms. The number of nitrogens with zero attached hydrogens (tertiary/aromatic N) is 4. The second-order valence-electron chi connectivity index (χ2n) is 8.94. The molecule has 2 fully saturated rings. The predicted molar refractivity (Wildman–Crippen MR) is 141 cm³/mol. The molecule has 35 heavy (non-hydrogen) atoms. The molecule has 0 amide bonds. The summed E-state index contributed by atoms with van der Waals surface area (Å²) in [4.78, 5) is 16.5. The zero-order valence-electron chi connectivity index (χ0n) is 20.1. The molecule has 2 aliphatic rings. The Kier molecular flexibility index (Phi) is 9.75. The van der Waals surface area contributed by atoms with Crippen LogP contribution in [0.15, 0.2) is 30.5 Å². The third-order valence-corrected chi connectivity index (χ3v) is 7.85. The number of piperidine rings is 1. The molecule has 0 radical (unpaired) electrons. The van der Waals surface area contributed by atoms with E-state index in [2.05, 4.69) is 36.2 Å². The van der Waals surface area contributed by atoms with Crippen molar-refractivity contribution >= 4 is 46.9 Å².